The van der Waals surface area contributed by atoms with E-state index >= 15 is 0 Å². The van der Waals surface area contributed by atoms with Crippen LogP contribution in [-0.2, 0) is 6.42 Å². The molecule has 0 N–H and O–H groups in total. The molecule has 0 amide bonds. The van der Waals surface area contributed by atoms with Crippen molar-refractivity contribution in [3.05, 3.63) is 23.8 Å². The Balaban J connectivity index is 1.97. The first-order valence-corrected chi connectivity index (χ1v) is 23.7. The molecule has 1 aromatic rings. The van der Waals surface area contributed by atoms with Crippen LogP contribution in [0.25, 0.3) is 0 Å². The fraction of sp³-hybridized carbons (Fsp3) is 0.878. The van der Waals surface area contributed by atoms with Crippen molar-refractivity contribution in [1.29, 1.82) is 0 Å². The average molecular weight is 713 g/mol. The van der Waals surface area contributed by atoms with Crippen LogP contribution in [0.3, 0.4) is 0 Å². The SMILES string of the molecule is CCCCCCCCCCCCCCCCCCCCOc1cccc(OCCCCCCCCCCCCCCCCCCCC)c1CCC. The second-order valence-electron chi connectivity index (χ2n) is 16.2. The average Bonchev–Trinajstić information content (AvgIpc) is 3.14. The summed E-state index contributed by atoms with van der Waals surface area (Å²) in [6.07, 6.45) is 53.0. The van der Waals surface area contributed by atoms with Gasteiger partial charge in [-0.15, -0.1) is 0 Å². The van der Waals surface area contributed by atoms with Gasteiger partial charge in [0.05, 0.1) is 13.2 Å². The van der Waals surface area contributed by atoms with Crippen LogP contribution in [0.1, 0.15) is 264 Å². The molecule has 0 atom stereocenters. The van der Waals surface area contributed by atoms with Crippen LogP contribution >= 0.6 is 0 Å². The molecule has 1 aromatic carbocycles. The molecule has 0 aromatic heterocycles. The largest absolute Gasteiger partial charge is 0.493 e. The Bertz CT molecular complexity index is 743. The maximum absolute atomic E-state index is 6.32. The quantitative estimate of drug-likeness (QED) is 0.0628. The zero-order valence-corrected chi connectivity index (χ0v) is 35.3. The summed E-state index contributed by atoms with van der Waals surface area (Å²) in [7, 11) is 0. The predicted molar refractivity (Wildman–Crippen MR) is 229 cm³/mol. The summed E-state index contributed by atoms with van der Waals surface area (Å²) in [5.74, 6) is 2.11. The Labute approximate surface area is 321 Å². The zero-order chi connectivity index (χ0) is 36.6. The maximum atomic E-state index is 6.32. The van der Waals surface area contributed by atoms with Gasteiger partial charge in [0.15, 0.2) is 0 Å². The first-order valence-electron chi connectivity index (χ1n) is 23.7. The van der Waals surface area contributed by atoms with Gasteiger partial charge in [-0.3, -0.25) is 0 Å². The molecule has 0 bridgehead atoms. The highest BCUT2D eigenvalue weighted by Gasteiger charge is 2.10. The van der Waals surface area contributed by atoms with Crippen LogP contribution in [0.4, 0.5) is 0 Å². The first-order chi connectivity index (χ1) is 25.3. The minimum Gasteiger partial charge on any atom is -0.493 e. The standard InChI is InChI=1S/C49H92O2/c1-4-7-9-11-13-15-17-19-21-23-25-27-29-31-33-35-37-39-45-50-48-43-41-44-49(47(48)42-6-3)51-46-40-38-36-34-32-30-28-26-24-22-20-18-16-14-12-10-8-5-2/h41,43-44H,4-40,42,45-46H2,1-3H3. The summed E-state index contributed by atoms with van der Waals surface area (Å²) >= 11 is 0. The van der Waals surface area contributed by atoms with Crippen LogP contribution in [0.2, 0.25) is 0 Å². The first kappa shape index (κ1) is 47.8. The molecule has 0 spiro atoms. The lowest BCUT2D eigenvalue weighted by molar-refractivity contribution is 0.284. The van der Waals surface area contributed by atoms with E-state index in [9.17, 15) is 0 Å². The number of hydrogen-bond acceptors (Lipinski definition) is 2. The molecule has 0 aliphatic carbocycles. The molecule has 0 saturated heterocycles. The van der Waals surface area contributed by atoms with Crippen molar-refractivity contribution in [1.82, 2.24) is 0 Å². The van der Waals surface area contributed by atoms with Crippen molar-refractivity contribution in [2.45, 2.75) is 265 Å². The Morgan fingerprint density at radius 2 is 0.529 bits per heavy atom. The van der Waals surface area contributed by atoms with Crippen LogP contribution in [-0.4, -0.2) is 13.2 Å². The van der Waals surface area contributed by atoms with Crippen LogP contribution in [0.15, 0.2) is 18.2 Å². The number of rotatable bonds is 42. The second kappa shape index (κ2) is 40.0. The molecule has 2 nitrogen and oxygen atoms in total. The van der Waals surface area contributed by atoms with Gasteiger partial charge in [0.2, 0.25) is 0 Å². The monoisotopic (exact) mass is 713 g/mol. The van der Waals surface area contributed by atoms with Crippen molar-refractivity contribution in [3.63, 3.8) is 0 Å². The molecular formula is C49H92O2. The lowest BCUT2D eigenvalue weighted by Crippen LogP contribution is -2.04. The highest BCUT2D eigenvalue weighted by Crippen LogP contribution is 2.30. The number of ether oxygens (including phenoxy) is 2. The molecule has 51 heavy (non-hydrogen) atoms. The normalized spacial score (nSPS) is 11.4. The van der Waals surface area contributed by atoms with Gasteiger partial charge in [-0.25, -0.2) is 0 Å². The Morgan fingerprint density at radius 3 is 0.765 bits per heavy atom. The summed E-state index contributed by atoms with van der Waals surface area (Å²) in [4.78, 5) is 0. The molecule has 0 fully saturated rings. The molecule has 0 aliphatic rings. The molecule has 300 valence electrons. The van der Waals surface area contributed by atoms with Gasteiger partial charge in [-0.05, 0) is 31.4 Å². The van der Waals surface area contributed by atoms with E-state index in [2.05, 4.69) is 39.0 Å². The van der Waals surface area contributed by atoms with Crippen molar-refractivity contribution >= 4 is 0 Å². The third kappa shape index (κ3) is 32.0. The van der Waals surface area contributed by atoms with Gasteiger partial charge in [-0.1, -0.05) is 252 Å². The van der Waals surface area contributed by atoms with Gasteiger partial charge in [0.25, 0.3) is 0 Å². The summed E-state index contributed by atoms with van der Waals surface area (Å²) in [6, 6.07) is 6.43. The number of hydrogen-bond donors (Lipinski definition) is 0. The highest BCUT2D eigenvalue weighted by molar-refractivity contribution is 5.45. The molecule has 2 heteroatoms. The Kier molecular flexibility index (Phi) is 37.5. The van der Waals surface area contributed by atoms with E-state index in [0.29, 0.717) is 0 Å². The van der Waals surface area contributed by atoms with E-state index in [1.165, 1.54) is 224 Å². The number of unbranched alkanes of at least 4 members (excludes halogenated alkanes) is 34. The Hall–Kier alpha value is -1.18. The fourth-order valence-electron chi connectivity index (χ4n) is 7.68. The van der Waals surface area contributed by atoms with E-state index in [0.717, 1.165) is 50.4 Å². The molecule has 0 radical (unpaired) electrons. The number of benzene rings is 1. The van der Waals surface area contributed by atoms with Crippen LogP contribution < -0.4 is 9.47 Å². The topological polar surface area (TPSA) is 18.5 Å². The van der Waals surface area contributed by atoms with Crippen LogP contribution in [0, 0.1) is 0 Å². The van der Waals surface area contributed by atoms with Gasteiger partial charge < -0.3 is 9.47 Å². The third-order valence-corrected chi connectivity index (χ3v) is 11.1. The third-order valence-electron chi connectivity index (χ3n) is 11.1. The van der Waals surface area contributed by atoms with E-state index < -0.39 is 0 Å². The van der Waals surface area contributed by atoms with E-state index in [4.69, 9.17) is 9.47 Å². The van der Waals surface area contributed by atoms with Crippen LogP contribution in [0.5, 0.6) is 11.5 Å². The minimum atomic E-state index is 0.832. The van der Waals surface area contributed by atoms with Crippen molar-refractivity contribution in [2.24, 2.45) is 0 Å². The second-order valence-corrected chi connectivity index (χ2v) is 16.2. The summed E-state index contributed by atoms with van der Waals surface area (Å²) in [6.45, 7) is 8.53. The zero-order valence-electron chi connectivity index (χ0n) is 35.3. The van der Waals surface area contributed by atoms with Crippen molar-refractivity contribution in [3.8, 4) is 11.5 Å². The smallest absolute Gasteiger partial charge is 0.126 e. The molecule has 1 rings (SSSR count). The van der Waals surface area contributed by atoms with Gasteiger partial charge in [0.1, 0.15) is 11.5 Å². The fourth-order valence-corrected chi connectivity index (χ4v) is 7.68. The highest BCUT2D eigenvalue weighted by atomic mass is 16.5. The lowest BCUT2D eigenvalue weighted by Gasteiger charge is -2.16. The van der Waals surface area contributed by atoms with Gasteiger partial charge >= 0.3 is 0 Å². The maximum Gasteiger partial charge on any atom is 0.126 e. The summed E-state index contributed by atoms with van der Waals surface area (Å²) < 4.78 is 12.6. The molecule has 0 aliphatic heterocycles. The van der Waals surface area contributed by atoms with Gasteiger partial charge in [-0.2, -0.15) is 0 Å². The molecule has 0 unspecified atom stereocenters. The van der Waals surface area contributed by atoms with Crippen molar-refractivity contribution in [2.75, 3.05) is 13.2 Å². The summed E-state index contributed by atoms with van der Waals surface area (Å²) in [5, 5.41) is 0. The molecule has 0 saturated carbocycles. The predicted octanol–water partition coefficient (Wildman–Crippen LogP) is 17.5. The minimum absolute atomic E-state index is 0.832. The summed E-state index contributed by atoms with van der Waals surface area (Å²) in [5.41, 5.74) is 1.28. The van der Waals surface area contributed by atoms with E-state index in [-0.39, 0.29) is 0 Å². The van der Waals surface area contributed by atoms with E-state index in [1.807, 2.05) is 0 Å². The molecular weight excluding hydrogens is 621 g/mol. The Morgan fingerprint density at radius 1 is 0.294 bits per heavy atom. The van der Waals surface area contributed by atoms with Crippen molar-refractivity contribution < 1.29 is 9.47 Å². The van der Waals surface area contributed by atoms with E-state index in [1.54, 1.807) is 0 Å². The molecule has 0 heterocycles. The van der Waals surface area contributed by atoms with Gasteiger partial charge in [0, 0.05) is 5.56 Å². The lowest BCUT2D eigenvalue weighted by atomic mass is 10.0.